The minimum Gasteiger partial charge on any atom is -0.339 e. The molecule has 2 saturated heterocycles. The minimum absolute atomic E-state index is 0.0622. The highest BCUT2D eigenvalue weighted by atomic mass is 32.2. The summed E-state index contributed by atoms with van der Waals surface area (Å²) >= 11 is 0. The van der Waals surface area contributed by atoms with E-state index >= 15 is 0 Å². The summed E-state index contributed by atoms with van der Waals surface area (Å²) in [7, 11) is -2.95. The molecule has 1 aliphatic carbocycles. The fraction of sp³-hybridized carbons (Fsp3) is 0.400. The molecule has 0 spiro atoms. The molecule has 0 aromatic heterocycles. The molecule has 2 aliphatic heterocycles. The Balaban J connectivity index is 0.965. The molecule has 1 saturated carbocycles. The Hall–Kier alpha value is -4.06. The Kier molecular flexibility index (Phi) is 9.53. The van der Waals surface area contributed by atoms with E-state index in [0.717, 1.165) is 60.4 Å². The summed E-state index contributed by atoms with van der Waals surface area (Å²) in [5.41, 5.74) is 6.27. The van der Waals surface area contributed by atoms with E-state index in [1.54, 1.807) is 0 Å². The van der Waals surface area contributed by atoms with E-state index in [4.69, 9.17) is 0 Å². The Labute approximate surface area is 270 Å². The molecule has 11 heteroatoms. The van der Waals surface area contributed by atoms with Crippen LogP contribution in [0.4, 0.5) is 11.4 Å². The van der Waals surface area contributed by atoms with E-state index in [-0.39, 0.29) is 41.7 Å². The third-order valence-corrected chi connectivity index (χ3v) is 10.7. The van der Waals surface area contributed by atoms with Crippen LogP contribution in [0.25, 0.3) is 11.1 Å². The van der Waals surface area contributed by atoms with E-state index in [1.807, 2.05) is 83.5 Å². The first kappa shape index (κ1) is 31.9. The van der Waals surface area contributed by atoms with Crippen molar-refractivity contribution in [2.24, 2.45) is 5.92 Å². The van der Waals surface area contributed by atoms with Gasteiger partial charge in [-0.1, -0.05) is 30.3 Å². The molecule has 2 N–H and O–H groups in total. The summed E-state index contributed by atoms with van der Waals surface area (Å²) in [6.07, 6.45) is 1.92. The van der Waals surface area contributed by atoms with Gasteiger partial charge in [0.1, 0.15) is 0 Å². The van der Waals surface area contributed by atoms with Gasteiger partial charge in [0.25, 0.3) is 5.91 Å². The fourth-order valence-electron chi connectivity index (χ4n) is 5.91. The smallest absolute Gasteiger partial charge is 0.255 e. The number of amides is 3. The molecule has 0 unspecified atom stereocenters. The summed E-state index contributed by atoms with van der Waals surface area (Å²) in [6, 6.07) is 21.2. The standard InChI is InChI=1S/C35H41N5O5S/c1-25-2-11-31(37-35(43)29-9-10-29)22-32(25)27-5-7-28(8-6-27)34(42)36-30-12-3-26(4-13-30)23-38-14-16-40(17-15-38)33(41)24-39-18-20-46(44,45)21-19-39/h2-8,11-13,22,29H,9-10,14-21,23-24H2,1H3,(H,36,42)(H,37,43). The molecule has 2 heterocycles. The monoisotopic (exact) mass is 643 g/mol. The number of aryl methyl sites for hydroxylation is 1. The second kappa shape index (κ2) is 13.7. The Morgan fingerprint density at radius 2 is 1.41 bits per heavy atom. The first-order chi connectivity index (χ1) is 22.1. The number of hydrogen-bond acceptors (Lipinski definition) is 7. The quantitative estimate of drug-likeness (QED) is 0.366. The van der Waals surface area contributed by atoms with Crippen molar-refractivity contribution in [1.29, 1.82) is 0 Å². The molecular weight excluding hydrogens is 602 g/mol. The van der Waals surface area contributed by atoms with Crippen molar-refractivity contribution in [3.05, 3.63) is 83.4 Å². The van der Waals surface area contributed by atoms with Crippen LogP contribution in [0, 0.1) is 12.8 Å². The molecule has 46 heavy (non-hydrogen) atoms. The number of rotatable bonds is 9. The van der Waals surface area contributed by atoms with Crippen LogP contribution in [0.1, 0.15) is 34.3 Å². The Bertz CT molecular complexity index is 1680. The van der Waals surface area contributed by atoms with Crippen LogP contribution in [0.5, 0.6) is 0 Å². The van der Waals surface area contributed by atoms with Gasteiger partial charge in [0.15, 0.2) is 9.84 Å². The maximum atomic E-state index is 13.0. The van der Waals surface area contributed by atoms with E-state index in [1.165, 1.54) is 0 Å². The number of nitrogens with one attached hydrogen (secondary N) is 2. The summed E-state index contributed by atoms with van der Waals surface area (Å²) < 4.78 is 23.3. The van der Waals surface area contributed by atoms with Crippen molar-refractivity contribution in [3.63, 3.8) is 0 Å². The summed E-state index contributed by atoms with van der Waals surface area (Å²) in [5.74, 6) is 0.350. The number of sulfone groups is 1. The Morgan fingerprint density at radius 3 is 2.07 bits per heavy atom. The molecule has 3 aromatic carbocycles. The van der Waals surface area contributed by atoms with Crippen molar-refractivity contribution < 1.29 is 22.8 Å². The molecule has 242 valence electrons. The lowest BCUT2D eigenvalue weighted by atomic mass is 9.98. The van der Waals surface area contributed by atoms with Crippen LogP contribution in [-0.2, 0) is 26.0 Å². The largest absolute Gasteiger partial charge is 0.339 e. The SMILES string of the molecule is Cc1ccc(NC(=O)C2CC2)cc1-c1ccc(C(=O)Nc2ccc(CN3CCN(C(=O)CN4CCS(=O)(=O)CC4)CC3)cc2)cc1. The van der Waals surface area contributed by atoms with Crippen LogP contribution in [0.2, 0.25) is 0 Å². The summed E-state index contributed by atoms with van der Waals surface area (Å²) in [4.78, 5) is 44.1. The zero-order valence-electron chi connectivity index (χ0n) is 26.2. The number of piperazine rings is 1. The van der Waals surface area contributed by atoms with Crippen LogP contribution >= 0.6 is 0 Å². The van der Waals surface area contributed by atoms with Crippen LogP contribution in [0.15, 0.2) is 66.7 Å². The topological polar surface area (TPSA) is 119 Å². The molecule has 6 rings (SSSR count). The third-order valence-electron chi connectivity index (χ3n) is 9.05. The number of carbonyl (C=O) groups excluding carboxylic acids is 3. The molecule has 0 bridgehead atoms. The van der Waals surface area contributed by atoms with Crippen LogP contribution < -0.4 is 10.6 Å². The average Bonchev–Trinajstić information content (AvgIpc) is 3.90. The number of anilines is 2. The highest BCUT2D eigenvalue weighted by molar-refractivity contribution is 7.91. The van der Waals surface area contributed by atoms with Crippen molar-refractivity contribution in [1.82, 2.24) is 14.7 Å². The van der Waals surface area contributed by atoms with E-state index < -0.39 is 9.84 Å². The van der Waals surface area contributed by atoms with E-state index in [9.17, 15) is 22.8 Å². The second-order valence-electron chi connectivity index (χ2n) is 12.6. The molecule has 3 fully saturated rings. The molecule has 0 radical (unpaired) electrons. The Morgan fingerprint density at radius 1 is 0.761 bits per heavy atom. The first-order valence-electron chi connectivity index (χ1n) is 16.0. The third kappa shape index (κ3) is 8.20. The van der Waals surface area contributed by atoms with Gasteiger partial charge in [0.05, 0.1) is 18.1 Å². The first-order valence-corrected chi connectivity index (χ1v) is 17.8. The lowest BCUT2D eigenvalue weighted by molar-refractivity contribution is -0.134. The van der Waals surface area contributed by atoms with Gasteiger partial charge in [-0.2, -0.15) is 0 Å². The van der Waals surface area contributed by atoms with Gasteiger partial charge in [-0.05, 0) is 78.4 Å². The van der Waals surface area contributed by atoms with Gasteiger partial charge in [-0.15, -0.1) is 0 Å². The number of nitrogens with zero attached hydrogens (tertiary/aromatic N) is 3. The van der Waals surface area contributed by atoms with E-state index in [0.29, 0.717) is 37.4 Å². The van der Waals surface area contributed by atoms with E-state index in [2.05, 4.69) is 15.5 Å². The van der Waals surface area contributed by atoms with Crippen LogP contribution in [-0.4, -0.2) is 98.2 Å². The predicted molar refractivity (Wildman–Crippen MR) is 179 cm³/mol. The molecule has 3 aliphatic rings. The predicted octanol–water partition coefficient (Wildman–Crippen LogP) is 3.64. The normalized spacial score (nSPS) is 18.6. The van der Waals surface area contributed by atoms with Crippen molar-refractivity contribution in [2.75, 3.05) is 68.0 Å². The lowest BCUT2D eigenvalue weighted by Gasteiger charge is -2.36. The van der Waals surface area contributed by atoms with Gasteiger partial charge < -0.3 is 15.5 Å². The van der Waals surface area contributed by atoms with Crippen LogP contribution in [0.3, 0.4) is 0 Å². The van der Waals surface area contributed by atoms with Gasteiger partial charge >= 0.3 is 0 Å². The molecule has 0 atom stereocenters. The molecule has 10 nitrogen and oxygen atoms in total. The summed E-state index contributed by atoms with van der Waals surface area (Å²) in [5, 5.41) is 5.99. The maximum Gasteiger partial charge on any atom is 0.255 e. The highest BCUT2D eigenvalue weighted by Crippen LogP contribution is 2.32. The maximum absolute atomic E-state index is 13.0. The van der Waals surface area contributed by atoms with Crippen molar-refractivity contribution in [2.45, 2.75) is 26.3 Å². The average molecular weight is 644 g/mol. The van der Waals surface area contributed by atoms with Gasteiger partial charge in [0, 0.05) is 68.7 Å². The van der Waals surface area contributed by atoms with Gasteiger partial charge in [-0.25, -0.2) is 8.42 Å². The molecule has 3 aromatic rings. The highest BCUT2D eigenvalue weighted by Gasteiger charge is 2.30. The molecule has 3 amide bonds. The second-order valence-corrected chi connectivity index (χ2v) is 14.9. The zero-order valence-corrected chi connectivity index (χ0v) is 27.0. The van der Waals surface area contributed by atoms with Gasteiger partial charge in [0.2, 0.25) is 11.8 Å². The lowest BCUT2D eigenvalue weighted by Crippen LogP contribution is -2.52. The number of carbonyl (C=O) groups is 3. The van der Waals surface area contributed by atoms with Crippen molar-refractivity contribution in [3.8, 4) is 11.1 Å². The minimum atomic E-state index is -2.95. The number of benzene rings is 3. The van der Waals surface area contributed by atoms with Crippen molar-refractivity contribution >= 4 is 38.9 Å². The van der Waals surface area contributed by atoms with Gasteiger partial charge in [-0.3, -0.25) is 24.2 Å². The zero-order chi connectivity index (χ0) is 32.3. The molecular formula is C35H41N5O5S. The summed E-state index contributed by atoms with van der Waals surface area (Å²) in [6.45, 7) is 6.77. The fourth-order valence-corrected chi connectivity index (χ4v) is 7.19. The number of hydrogen-bond donors (Lipinski definition) is 2.